The van der Waals surface area contributed by atoms with Crippen molar-refractivity contribution < 1.29 is 22.7 Å². The second-order valence-electron chi connectivity index (χ2n) is 11.7. The molecule has 0 radical (unpaired) electrons. The molecule has 240 valence electrons. The number of amides is 2. The topological polar surface area (TPSA) is 113 Å². The maximum absolute atomic E-state index is 14.2. The van der Waals surface area contributed by atoms with E-state index in [0.717, 1.165) is 37.0 Å². The number of likely N-dealkylation sites (N-methyl/N-ethyl adjacent to an activating group) is 1. The first-order chi connectivity index (χ1) is 22.1. The van der Waals surface area contributed by atoms with Crippen LogP contribution in [0.25, 0.3) is 11.0 Å². The molecule has 1 aromatic carbocycles. The standard InChI is InChI=1S/C33H35F3N8O2/c1-3-21-19-44(20-23-13-26(17-39-30(21)23)46-29-7-8-38-31-27(29)14-25(16-37)40-31)32(45)41-24-6-5-22(28(15-24)33(34,35)36)18-43-11-9-42(4-2)10-12-43/h5-8,13-15,17,21H,3-4,9-12,18-20H2,1-2H3,(H,38,40)(H,41,45). The quantitative estimate of drug-likeness (QED) is 0.245. The fraction of sp³-hybridized carbons (Fsp3) is 0.394. The number of aromatic amines is 1. The summed E-state index contributed by atoms with van der Waals surface area (Å²) in [4.78, 5) is 31.2. The van der Waals surface area contributed by atoms with Crippen molar-refractivity contribution in [3.05, 3.63) is 76.9 Å². The Labute approximate surface area is 264 Å². The van der Waals surface area contributed by atoms with Crippen LogP contribution in [0, 0.1) is 11.3 Å². The number of urea groups is 1. The molecule has 0 saturated carbocycles. The van der Waals surface area contributed by atoms with Gasteiger partial charge in [-0.2, -0.15) is 18.4 Å². The molecule has 10 nitrogen and oxygen atoms in total. The van der Waals surface area contributed by atoms with E-state index < -0.39 is 17.8 Å². The van der Waals surface area contributed by atoms with Gasteiger partial charge in [-0.25, -0.2) is 9.78 Å². The molecule has 13 heteroatoms. The molecule has 2 aliphatic rings. The van der Waals surface area contributed by atoms with E-state index in [1.807, 2.05) is 17.9 Å². The van der Waals surface area contributed by atoms with Crippen LogP contribution < -0.4 is 10.1 Å². The van der Waals surface area contributed by atoms with Crippen LogP contribution in [0.15, 0.2) is 48.8 Å². The van der Waals surface area contributed by atoms with Gasteiger partial charge in [0, 0.05) is 63.6 Å². The Morgan fingerprint density at radius 3 is 2.61 bits per heavy atom. The third-order valence-corrected chi connectivity index (χ3v) is 8.76. The van der Waals surface area contributed by atoms with E-state index in [9.17, 15) is 23.2 Å². The third-order valence-electron chi connectivity index (χ3n) is 8.76. The molecule has 0 bridgehead atoms. The molecule has 2 amide bonds. The van der Waals surface area contributed by atoms with E-state index in [-0.39, 0.29) is 30.3 Å². The Balaban J connectivity index is 1.18. The van der Waals surface area contributed by atoms with Crippen LogP contribution in [0.1, 0.15) is 54.3 Å². The first-order valence-electron chi connectivity index (χ1n) is 15.4. The lowest BCUT2D eigenvalue weighted by molar-refractivity contribution is -0.138. The fourth-order valence-corrected chi connectivity index (χ4v) is 6.19. The van der Waals surface area contributed by atoms with Gasteiger partial charge in [0.2, 0.25) is 0 Å². The molecule has 2 aliphatic heterocycles. The summed E-state index contributed by atoms with van der Waals surface area (Å²) < 4.78 is 48.6. The fourth-order valence-electron chi connectivity index (χ4n) is 6.19. The maximum atomic E-state index is 14.2. The van der Waals surface area contributed by atoms with Crippen LogP contribution in [0.2, 0.25) is 0 Å². The van der Waals surface area contributed by atoms with Crippen molar-refractivity contribution in [3.8, 4) is 17.6 Å². The van der Waals surface area contributed by atoms with Gasteiger partial charge in [-0.05, 0) is 54.4 Å². The van der Waals surface area contributed by atoms with Crippen LogP contribution in [-0.4, -0.2) is 75.0 Å². The number of pyridine rings is 2. The van der Waals surface area contributed by atoms with Gasteiger partial charge >= 0.3 is 12.2 Å². The van der Waals surface area contributed by atoms with Crippen molar-refractivity contribution in [1.82, 2.24) is 29.7 Å². The first-order valence-corrected chi connectivity index (χ1v) is 15.4. The molecule has 1 unspecified atom stereocenters. The number of hydrogen-bond donors (Lipinski definition) is 2. The lowest BCUT2D eigenvalue weighted by Gasteiger charge is -2.34. The number of fused-ring (bicyclic) bond motifs is 2. The van der Waals surface area contributed by atoms with Gasteiger partial charge in [0.05, 0.1) is 22.8 Å². The van der Waals surface area contributed by atoms with Crippen LogP contribution >= 0.6 is 0 Å². The average molecular weight is 633 g/mol. The summed E-state index contributed by atoms with van der Waals surface area (Å²) in [6, 6.07) is 10.8. The van der Waals surface area contributed by atoms with Crippen LogP contribution in [0.3, 0.4) is 0 Å². The zero-order valence-electron chi connectivity index (χ0n) is 25.7. The van der Waals surface area contributed by atoms with E-state index in [2.05, 4.69) is 38.2 Å². The predicted molar refractivity (Wildman–Crippen MR) is 166 cm³/mol. The number of ether oxygens (including phenoxy) is 1. The minimum atomic E-state index is -4.56. The monoisotopic (exact) mass is 632 g/mol. The Morgan fingerprint density at radius 2 is 1.89 bits per heavy atom. The van der Waals surface area contributed by atoms with Crippen molar-refractivity contribution >= 4 is 22.8 Å². The summed E-state index contributed by atoms with van der Waals surface area (Å²) in [5.74, 6) is 0.888. The third kappa shape index (κ3) is 6.63. The van der Waals surface area contributed by atoms with Crippen molar-refractivity contribution in [3.63, 3.8) is 0 Å². The van der Waals surface area contributed by atoms with Gasteiger partial charge in [0.25, 0.3) is 0 Å². The molecular formula is C33H35F3N8O2. The summed E-state index contributed by atoms with van der Waals surface area (Å²) in [7, 11) is 0. The summed E-state index contributed by atoms with van der Waals surface area (Å²) in [6.07, 6.45) is -0.637. The van der Waals surface area contributed by atoms with Crippen LogP contribution in [-0.2, 0) is 19.3 Å². The number of carbonyl (C=O) groups excluding carboxylic acids is 1. The molecule has 0 aliphatic carbocycles. The highest BCUT2D eigenvalue weighted by Gasteiger charge is 2.35. The Morgan fingerprint density at radius 1 is 1.11 bits per heavy atom. The lowest BCUT2D eigenvalue weighted by Crippen LogP contribution is -2.45. The number of hydrogen-bond acceptors (Lipinski definition) is 7. The lowest BCUT2D eigenvalue weighted by atomic mass is 9.92. The summed E-state index contributed by atoms with van der Waals surface area (Å²) in [5.41, 5.74) is 2.08. The number of halogens is 3. The number of piperazine rings is 1. The van der Waals surface area contributed by atoms with Gasteiger partial charge in [0.1, 0.15) is 28.9 Å². The first kappa shape index (κ1) is 31.3. The molecule has 4 aromatic rings. The summed E-state index contributed by atoms with van der Waals surface area (Å²) in [5, 5.41) is 12.6. The number of nitrogens with one attached hydrogen (secondary N) is 2. The van der Waals surface area contributed by atoms with Gasteiger partial charge in [-0.15, -0.1) is 0 Å². The number of rotatable bonds is 7. The predicted octanol–water partition coefficient (Wildman–Crippen LogP) is 6.32. The molecule has 1 fully saturated rings. The van der Waals surface area contributed by atoms with Crippen molar-refractivity contribution in [1.29, 1.82) is 5.26 Å². The van der Waals surface area contributed by atoms with Gasteiger partial charge in [-0.3, -0.25) is 9.88 Å². The molecule has 46 heavy (non-hydrogen) atoms. The number of aromatic nitrogens is 3. The molecule has 1 atom stereocenters. The van der Waals surface area contributed by atoms with Crippen molar-refractivity contribution in [2.75, 3.05) is 44.6 Å². The SMILES string of the molecule is CCC1CN(C(=O)Nc2ccc(CN3CCN(CC)CC3)c(C(F)(F)F)c2)Cc2cc(Oc3ccnc4[nH]c(C#N)cc34)cnc21. The second-order valence-corrected chi connectivity index (χ2v) is 11.7. The molecule has 6 rings (SSSR count). The number of carbonyl (C=O) groups is 1. The van der Waals surface area contributed by atoms with Gasteiger partial charge in [-0.1, -0.05) is 19.9 Å². The molecule has 3 aromatic heterocycles. The maximum Gasteiger partial charge on any atom is 0.416 e. The van der Waals surface area contributed by atoms with Gasteiger partial charge in [0.15, 0.2) is 0 Å². The van der Waals surface area contributed by atoms with Crippen LogP contribution in [0.5, 0.6) is 11.5 Å². The number of alkyl halides is 3. The molecule has 2 N–H and O–H groups in total. The number of nitriles is 1. The molecule has 5 heterocycles. The number of H-pyrrole nitrogens is 1. The minimum absolute atomic E-state index is 0.0553. The Bertz CT molecular complexity index is 1780. The van der Waals surface area contributed by atoms with E-state index in [4.69, 9.17) is 4.74 Å². The van der Waals surface area contributed by atoms with Crippen molar-refractivity contribution in [2.45, 2.75) is 45.5 Å². The van der Waals surface area contributed by atoms with E-state index >= 15 is 0 Å². The number of nitrogens with zero attached hydrogens (tertiary/aromatic N) is 6. The highest BCUT2D eigenvalue weighted by Crippen LogP contribution is 2.36. The van der Waals surface area contributed by atoms with Crippen LogP contribution in [0.4, 0.5) is 23.7 Å². The smallest absolute Gasteiger partial charge is 0.416 e. The highest BCUT2D eigenvalue weighted by molar-refractivity contribution is 5.90. The number of anilines is 1. The molecule has 1 saturated heterocycles. The normalized spacial score (nSPS) is 17.5. The second kappa shape index (κ2) is 13.0. The Hall–Kier alpha value is -4.67. The van der Waals surface area contributed by atoms with E-state index in [0.29, 0.717) is 54.3 Å². The zero-order chi connectivity index (χ0) is 32.4. The zero-order valence-corrected chi connectivity index (χ0v) is 25.7. The number of benzene rings is 1. The van der Waals surface area contributed by atoms with E-state index in [1.165, 1.54) is 6.07 Å². The summed E-state index contributed by atoms with van der Waals surface area (Å²) in [6.45, 7) is 8.88. The van der Waals surface area contributed by atoms with E-state index in [1.54, 1.807) is 35.5 Å². The Kier molecular flexibility index (Phi) is 8.84. The molecular weight excluding hydrogens is 597 g/mol. The van der Waals surface area contributed by atoms with Gasteiger partial charge < -0.3 is 24.8 Å². The van der Waals surface area contributed by atoms with Crippen molar-refractivity contribution in [2.24, 2.45) is 0 Å². The average Bonchev–Trinajstić information content (AvgIpc) is 3.49. The summed E-state index contributed by atoms with van der Waals surface area (Å²) >= 11 is 0. The largest absolute Gasteiger partial charge is 0.455 e. The minimum Gasteiger partial charge on any atom is -0.455 e. The molecule has 0 spiro atoms. The highest BCUT2D eigenvalue weighted by atomic mass is 19.4.